The molecule has 0 amide bonds. The number of hydrogen-bond donors (Lipinski definition) is 0. The van der Waals surface area contributed by atoms with Gasteiger partial charge in [0.1, 0.15) is 11.6 Å². The Hall–Kier alpha value is -1.02. The molecule has 0 fully saturated rings. The summed E-state index contributed by atoms with van der Waals surface area (Å²) in [5.74, 6) is 0.354. The molecule has 0 aliphatic rings. The maximum atomic E-state index is 12.9. The fraction of sp³-hybridized carbons (Fsp3) is 0.273. The molecule has 0 heterocycles. The van der Waals surface area contributed by atoms with Crippen molar-refractivity contribution in [3.8, 4) is 5.75 Å². The summed E-state index contributed by atoms with van der Waals surface area (Å²) in [4.78, 5) is 0. The van der Waals surface area contributed by atoms with Gasteiger partial charge in [-0.05, 0) is 25.1 Å². The van der Waals surface area contributed by atoms with Crippen LogP contribution in [0, 0.1) is 5.82 Å². The summed E-state index contributed by atoms with van der Waals surface area (Å²) in [6, 6.07) is 4.36. The molecule has 1 unspecified atom stereocenters. The Morgan fingerprint density at radius 2 is 2.21 bits per heavy atom. The Kier molecular flexibility index (Phi) is 3.96. The summed E-state index contributed by atoms with van der Waals surface area (Å²) in [5.41, 5.74) is 0.694. The second kappa shape index (κ2) is 5.01. The van der Waals surface area contributed by atoms with Crippen molar-refractivity contribution in [1.82, 2.24) is 0 Å². The van der Waals surface area contributed by atoms with Gasteiger partial charge < -0.3 is 4.74 Å². The third-order valence-corrected chi connectivity index (χ3v) is 1.88. The van der Waals surface area contributed by atoms with Crippen LogP contribution in [-0.2, 0) is 0 Å². The van der Waals surface area contributed by atoms with Crippen LogP contribution in [0.15, 0.2) is 24.3 Å². The molecule has 1 rings (SSSR count). The highest BCUT2D eigenvalue weighted by molar-refractivity contribution is 6.21. The quantitative estimate of drug-likeness (QED) is 0.700. The first-order valence-corrected chi connectivity index (χ1v) is 4.73. The number of alkyl halides is 1. The minimum atomic E-state index is -0.285. The minimum absolute atomic E-state index is 0.0806. The number of ether oxygens (including phenoxy) is 1. The van der Waals surface area contributed by atoms with E-state index in [9.17, 15) is 4.39 Å². The van der Waals surface area contributed by atoms with Crippen LogP contribution in [0.1, 0.15) is 12.5 Å². The Labute approximate surface area is 88.1 Å². The molecule has 76 valence electrons. The zero-order valence-electron chi connectivity index (χ0n) is 8.13. The fourth-order valence-corrected chi connectivity index (χ4v) is 1.14. The summed E-state index contributed by atoms with van der Waals surface area (Å²) >= 11 is 5.74. The Balaban J connectivity index is 2.99. The van der Waals surface area contributed by atoms with Gasteiger partial charge in [0.05, 0.1) is 7.11 Å². The van der Waals surface area contributed by atoms with Gasteiger partial charge in [0.15, 0.2) is 0 Å². The Morgan fingerprint density at radius 1 is 1.50 bits per heavy atom. The number of methoxy groups -OCH3 is 1. The maximum absolute atomic E-state index is 12.9. The first kappa shape index (κ1) is 11.1. The SMILES string of the molecule is COc1ccc(F)cc1/C=C/C(C)Cl. The third-order valence-electron chi connectivity index (χ3n) is 1.73. The molecule has 3 heteroatoms. The van der Waals surface area contributed by atoms with Crippen molar-refractivity contribution in [3.63, 3.8) is 0 Å². The lowest BCUT2D eigenvalue weighted by atomic mass is 10.1. The molecule has 0 bridgehead atoms. The molecule has 1 atom stereocenters. The van der Waals surface area contributed by atoms with E-state index >= 15 is 0 Å². The molecule has 0 saturated heterocycles. The summed E-state index contributed by atoms with van der Waals surface area (Å²) in [5, 5.41) is -0.0806. The van der Waals surface area contributed by atoms with Crippen LogP contribution in [0.4, 0.5) is 4.39 Å². The van der Waals surface area contributed by atoms with Gasteiger partial charge in [-0.2, -0.15) is 0 Å². The van der Waals surface area contributed by atoms with Crippen LogP contribution < -0.4 is 4.74 Å². The molecular formula is C11H12ClFO. The van der Waals surface area contributed by atoms with E-state index in [0.29, 0.717) is 11.3 Å². The fourth-order valence-electron chi connectivity index (χ4n) is 1.07. The molecule has 1 aromatic rings. The summed E-state index contributed by atoms with van der Waals surface area (Å²) in [6.45, 7) is 1.84. The third kappa shape index (κ3) is 3.04. The average molecular weight is 215 g/mol. The van der Waals surface area contributed by atoms with E-state index in [1.54, 1.807) is 25.3 Å². The number of rotatable bonds is 3. The predicted octanol–water partition coefficient (Wildman–Crippen LogP) is 3.47. The smallest absolute Gasteiger partial charge is 0.126 e. The van der Waals surface area contributed by atoms with E-state index in [-0.39, 0.29) is 11.2 Å². The van der Waals surface area contributed by atoms with Crippen molar-refractivity contribution in [3.05, 3.63) is 35.7 Å². The van der Waals surface area contributed by atoms with E-state index < -0.39 is 0 Å². The van der Waals surface area contributed by atoms with Crippen molar-refractivity contribution in [2.45, 2.75) is 12.3 Å². The molecule has 0 radical (unpaired) electrons. The highest BCUT2D eigenvalue weighted by Crippen LogP contribution is 2.21. The van der Waals surface area contributed by atoms with Gasteiger partial charge in [0.25, 0.3) is 0 Å². The van der Waals surface area contributed by atoms with E-state index in [1.165, 1.54) is 12.1 Å². The van der Waals surface area contributed by atoms with Gasteiger partial charge in [-0.3, -0.25) is 0 Å². The molecule has 0 aromatic heterocycles. The molecule has 1 aromatic carbocycles. The minimum Gasteiger partial charge on any atom is -0.496 e. The van der Waals surface area contributed by atoms with Crippen LogP contribution in [0.25, 0.3) is 6.08 Å². The zero-order chi connectivity index (χ0) is 10.6. The highest BCUT2D eigenvalue weighted by atomic mass is 35.5. The van der Waals surface area contributed by atoms with Gasteiger partial charge in [0, 0.05) is 10.9 Å². The summed E-state index contributed by atoms with van der Waals surface area (Å²) in [6.07, 6.45) is 3.53. The Bertz CT molecular complexity index is 334. The molecule has 0 saturated carbocycles. The lowest BCUT2D eigenvalue weighted by Gasteiger charge is -2.04. The lowest BCUT2D eigenvalue weighted by molar-refractivity contribution is 0.412. The molecule has 0 spiro atoms. The highest BCUT2D eigenvalue weighted by Gasteiger charge is 2.01. The largest absolute Gasteiger partial charge is 0.496 e. The topological polar surface area (TPSA) is 9.23 Å². The monoisotopic (exact) mass is 214 g/mol. The van der Waals surface area contributed by atoms with Crippen molar-refractivity contribution >= 4 is 17.7 Å². The van der Waals surface area contributed by atoms with Crippen molar-refractivity contribution in [1.29, 1.82) is 0 Å². The van der Waals surface area contributed by atoms with Crippen LogP contribution in [0.5, 0.6) is 5.75 Å². The normalized spacial score (nSPS) is 13.1. The molecule has 0 aliphatic heterocycles. The number of allylic oxidation sites excluding steroid dienone is 1. The zero-order valence-corrected chi connectivity index (χ0v) is 8.88. The van der Waals surface area contributed by atoms with Gasteiger partial charge in [-0.25, -0.2) is 4.39 Å². The number of halogens is 2. The summed E-state index contributed by atoms with van der Waals surface area (Å²) < 4.78 is 18.0. The number of benzene rings is 1. The molecule has 1 nitrogen and oxygen atoms in total. The van der Waals surface area contributed by atoms with E-state index in [4.69, 9.17) is 16.3 Å². The van der Waals surface area contributed by atoms with E-state index in [1.807, 2.05) is 6.92 Å². The van der Waals surface area contributed by atoms with Crippen LogP contribution in [0.3, 0.4) is 0 Å². The summed E-state index contributed by atoms with van der Waals surface area (Å²) in [7, 11) is 1.55. The van der Waals surface area contributed by atoms with Gasteiger partial charge in [0.2, 0.25) is 0 Å². The van der Waals surface area contributed by atoms with E-state index in [2.05, 4.69) is 0 Å². The van der Waals surface area contributed by atoms with Crippen LogP contribution in [0.2, 0.25) is 0 Å². The van der Waals surface area contributed by atoms with Crippen molar-refractivity contribution in [2.24, 2.45) is 0 Å². The van der Waals surface area contributed by atoms with Gasteiger partial charge in [-0.15, -0.1) is 11.6 Å². The standard InChI is InChI=1S/C11H12ClFO/c1-8(12)3-4-9-7-10(13)5-6-11(9)14-2/h3-8H,1-2H3/b4-3+. The van der Waals surface area contributed by atoms with Crippen LogP contribution >= 0.6 is 11.6 Å². The van der Waals surface area contributed by atoms with Crippen LogP contribution in [-0.4, -0.2) is 12.5 Å². The molecule has 0 aliphatic carbocycles. The van der Waals surface area contributed by atoms with Gasteiger partial charge >= 0.3 is 0 Å². The maximum Gasteiger partial charge on any atom is 0.126 e. The second-order valence-electron chi connectivity index (χ2n) is 2.92. The number of hydrogen-bond acceptors (Lipinski definition) is 1. The molecule has 14 heavy (non-hydrogen) atoms. The first-order valence-electron chi connectivity index (χ1n) is 4.29. The predicted molar refractivity (Wildman–Crippen MR) is 57.3 cm³/mol. The molecular weight excluding hydrogens is 203 g/mol. The first-order chi connectivity index (χ1) is 6.63. The Morgan fingerprint density at radius 3 is 2.79 bits per heavy atom. The van der Waals surface area contributed by atoms with Crippen molar-refractivity contribution in [2.75, 3.05) is 7.11 Å². The second-order valence-corrected chi connectivity index (χ2v) is 3.61. The van der Waals surface area contributed by atoms with E-state index in [0.717, 1.165) is 0 Å². The lowest BCUT2D eigenvalue weighted by Crippen LogP contribution is -1.89. The average Bonchev–Trinajstić information content (AvgIpc) is 2.15. The molecule has 0 N–H and O–H groups in total. The van der Waals surface area contributed by atoms with Gasteiger partial charge in [-0.1, -0.05) is 12.2 Å². The van der Waals surface area contributed by atoms with Crippen molar-refractivity contribution < 1.29 is 9.13 Å².